The minimum absolute atomic E-state index is 0.252. The Morgan fingerprint density at radius 3 is 2.21 bits per heavy atom. The van der Waals surface area contributed by atoms with Crippen molar-refractivity contribution in [3.8, 4) is 5.75 Å². The van der Waals surface area contributed by atoms with Crippen molar-refractivity contribution in [3.05, 3.63) is 68.3 Å². The van der Waals surface area contributed by atoms with Crippen molar-refractivity contribution in [2.45, 2.75) is 18.2 Å². The quantitative estimate of drug-likeness (QED) is 0.444. The van der Waals surface area contributed by atoms with E-state index in [1.165, 1.54) is 30.3 Å². The van der Waals surface area contributed by atoms with E-state index in [0.29, 0.717) is 12.0 Å². The molecule has 0 aromatic heterocycles. The highest BCUT2D eigenvalue weighted by Gasteiger charge is 2.24. The van der Waals surface area contributed by atoms with Crippen LogP contribution in [0.2, 0.25) is 0 Å². The minimum atomic E-state index is -4.38. The van der Waals surface area contributed by atoms with Gasteiger partial charge in [0.25, 0.3) is 11.4 Å². The largest absolute Gasteiger partial charge is 0.379 e. The normalized spacial score (nSPS) is 11.0. The van der Waals surface area contributed by atoms with Crippen LogP contribution in [0.1, 0.15) is 12.5 Å². The zero-order valence-electron chi connectivity index (χ0n) is 12.4. The van der Waals surface area contributed by atoms with Gasteiger partial charge in [0.15, 0.2) is 0 Å². The highest BCUT2D eigenvalue weighted by atomic mass is 32.2. The molecular weight excluding hydrogens is 340 g/mol. The lowest BCUT2D eigenvalue weighted by molar-refractivity contribution is -0.385. The third kappa shape index (κ3) is 3.66. The van der Waals surface area contributed by atoms with Crippen LogP contribution in [0, 0.1) is 20.2 Å². The summed E-state index contributed by atoms with van der Waals surface area (Å²) in [5.74, 6) is -0.252. The number of non-ortho nitro benzene ring substituents is 2. The second-order valence-electron chi connectivity index (χ2n) is 4.69. The van der Waals surface area contributed by atoms with Crippen LogP contribution in [0.25, 0.3) is 0 Å². The summed E-state index contributed by atoms with van der Waals surface area (Å²) >= 11 is 0. The average molecular weight is 352 g/mol. The average Bonchev–Trinajstić information content (AvgIpc) is 2.53. The van der Waals surface area contributed by atoms with Gasteiger partial charge < -0.3 is 4.18 Å². The van der Waals surface area contributed by atoms with Gasteiger partial charge in [-0.2, -0.15) is 8.42 Å². The smallest absolute Gasteiger partial charge is 0.339 e. The Bertz CT molecular complexity index is 909. The van der Waals surface area contributed by atoms with E-state index < -0.39 is 25.7 Å². The van der Waals surface area contributed by atoms with Crippen LogP contribution in [-0.2, 0) is 16.5 Å². The number of nitrogens with zero attached hydrogens (tertiary/aromatic N) is 2. The van der Waals surface area contributed by atoms with Crippen molar-refractivity contribution in [2.75, 3.05) is 0 Å². The van der Waals surface area contributed by atoms with E-state index in [0.717, 1.165) is 12.1 Å². The van der Waals surface area contributed by atoms with Crippen LogP contribution in [0.4, 0.5) is 11.4 Å². The van der Waals surface area contributed by atoms with E-state index in [-0.39, 0.29) is 16.3 Å². The molecule has 2 aromatic carbocycles. The van der Waals surface area contributed by atoms with Gasteiger partial charge in [-0.15, -0.1) is 0 Å². The fourth-order valence-electron chi connectivity index (χ4n) is 2.00. The molecule has 0 saturated carbocycles. The molecule has 0 amide bonds. The topological polar surface area (TPSA) is 130 Å². The van der Waals surface area contributed by atoms with E-state index in [9.17, 15) is 28.6 Å². The lowest BCUT2D eigenvalue weighted by atomic mass is 10.1. The molecule has 0 N–H and O–H groups in total. The molecule has 2 rings (SSSR count). The SMILES string of the molecule is CCc1ccc([N+](=O)[O-])cc1S(=O)(=O)Oc1cccc([N+](=O)[O-])c1. The highest BCUT2D eigenvalue weighted by molar-refractivity contribution is 7.87. The summed E-state index contributed by atoms with van der Waals surface area (Å²) in [4.78, 5) is 19.8. The van der Waals surface area contributed by atoms with E-state index in [2.05, 4.69) is 0 Å². The van der Waals surface area contributed by atoms with Gasteiger partial charge in [0.05, 0.1) is 15.9 Å². The number of hydrogen-bond donors (Lipinski definition) is 0. The van der Waals surface area contributed by atoms with Gasteiger partial charge in [-0.3, -0.25) is 20.2 Å². The van der Waals surface area contributed by atoms with Crippen LogP contribution in [0.3, 0.4) is 0 Å². The predicted molar refractivity (Wildman–Crippen MR) is 83.4 cm³/mol. The van der Waals surface area contributed by atoms with Gasteiger partial charge in [0.1, 0.15) is 10.6 Å². The van der Waals surface area contributed by atoms with Crippen LogP contribution < -0.4 is 4.18 Å². The molecule has 24 heavy (non-hydrogen) atoms. The monoisotopic (exact) mass is 352 g/mol. The van der Waals surface area contributed by atoms with Gasteiger partial charge in [0.2, 0.25) is 0 Å². The molecule has 2 aromatic rings. The first kappa shape index (κ1) is 17.3. The summed E-state index contributed by atoms with van der Waals surface area (Å²) in [6, 6.07) is 8.11. The molecule has 0 atom stereocenters. The molecule has 0 aliphatic heterocycles. The van der Waals surface area contributed by atoms with Gasteiger partial charge in [-0.25, -0.2) is 0 Å². The fourth-order valence-corrected chi connectivity index (χ4v) is 3.25. The maximum atomic E-state index is 12.4. The summed E-state index contributed by atoms with van der Waals surface area (Å²) in [6.07, 6.45) is 0.310. The minimum Gasteiger partial charge on any atom is -0.379 e. The molecule has 0 bridgehead atoms. The standard InChI is InChI=1S/C14H12N2O7S/c1-2-10-6-7-12(16(19)20)9-14(10)24(21,22)23-13-5-3-4-11(8-13)15(17)18/h3-9H,2H2,1H3. The highest BCUT2D eigenvalue weighted by Crippen LogP contribution is 2.27. The maximum Gasteiger partial charge on any atom is 0.339 e. The molecule has 0 saturated heterocycles. The predicted octanol–water partition coefficient (Wildman–Crippen LogP) is 2.83. The number of nitro groups is 2. The van der Waals surface area contributed by atoms with Crippen molar-refractivity contribution in [3.63, 3.8) is 0 Å². The van der Waals surface area contributed by atoms with E-state index in [1.807, 2.05) is 0 Å². The summed E-state index contributed by atoms with van der Waals surface area (Å²) in [5.41, 5.74) is -0.392. The van der Waals surface area contributed by atoms with Crippen molar-refractivity contribution in [1.82, 2.24) is 0 Å². The van der Waals surface area contributed by atoms with Crippen LogP contribution in [0.5, 0.6) is 5.75 Å². The Balaban J connectivity index is 2.47. The molecular formula is C14H12N2O7S. The van der Waals surface area contributed by atoms with Crippen molar-refractivity contribution >= 4 is 21.5 Å². The van der Waals surface area contributed by atoms with Gasteiger partial charge in [-0.1, -0.05) is 19.1 Å². The fraction of sp³-hybridized carbons (Fsp3) is 0.143. The van der Waals surface area contributed by atoms with Crippen molar-refractivity contribution < 1.29 is 22.4 Å². The maximum absolute atomic E-state index is 12.4. The molecule has 0 aliphatic rings. The van der Waals surface area contributed by atoms with Gasteiger partial charge >= 0.3 is 10.1 Å². The summed E-state index contributed by atoms with van der Waals surface area (Å²) in [5, 5.41) is 21.6. The number of hydrogen-bond acceptors (Lipinski definition) is 7. The van der Waals surface area contributed by atoms with Crippen molar-refractivity contribution in [1.29, 1.82) is 0 Å². The van der Waals surface area contributed by atoms with Crippen molar-refractivity contribution in [2.24, 2.45) is 0 Å². The van der Waals surface area contributed by atoms with Crippen LogP contribution in [-0.4, -0.2) is 18.3 Å². The van der Waals surface area contributed by atoms with Crippen LogP contribution >= 0.6 is 0 Å². The molecule has 0 heterocycles. The van der Waals surface area contributed by atoms with E-state index >= 15 is 0 Å². The Labute approximate surface area is 136 Å². The Hall–Kier alpha value is -3.01. The second kappa shape index (κ2) is 6.62. The molecule has 0 unspecified atom stereocenters. The van der Waals surface area contributed by atoms with E-state index in [1.54, 1.807) is 6.92 Å². The molecule has 0 spiro atoms. The summed E-state index contributed by atoms with van der Waals surface area (Å²) < 4.78 is 29.7. The Morgan fingerprint density at radius 1 is 1.00 bits per heavy atom. The first-order valence-corrected chi connectivity index (χ1v) is 8.11. The molecule has 0 fully saturated rings. The first-order chi connectivity index (χ1) is 11.2. The third-order valence-corrected chi connectivity index (χ3v) is 4.48. The number of rotatable bonds is 6. The third-order valence-electron chi connectivity index (χ3n) is 3.15. The molecule has 0 aliphatic carbocycles. The number of nitro benzene ring substituents is 2. The zero-order chi connectivity index (χ0) is 17.9. The summed E-state index contributed by atoms with van der Waals surface area (Å²) in [6.45, 7) is 1.69. The Morgan fingerprint density at radius 2 is 1.62 bits per heavy atom. The van der Waals surface area contributed by atoms with E-state index in [4.69, 9.17) is 4.18 Å². The molecule has 10 heteroatoms. The lowest BCUT2D eigenvalue weighted by Gasteiger charge is -2.10. The molecule has 9 nitrogen and oxygen atoms in total. The van der Waals surface area contributed by atoms with Crippen LogP contribution in [0.15, 0.2) is 47.4 Å². The lowest BCUT2D eigenvalue weighted by Crippen LogP contribution is -2.12. The second-order valence-corrected chi connectivity index (χ2v) is 6.21. The van der Waals surface area contributed by atoms with Gasteiger partial charge in [-0.05, 0) is 18.1 Å². The Kier molecular flexibility index (Phi) is 4.79. The molecule has 0 radical (unpaired) electrons. The molecule has 126 valence electrons. The van der Waals surface area contributed by atoms with Gasteiger partial charge in [0, 0.05) is 18.2 Å². The number of benzene rings is 2. The zero-order valence-corrected chi connectivity index (χ0v) is 13.2. The summed E-state index contributed by atoms with van der Waals surface area (Å²) in [7, 11) is -4.38. The number of aryl methyl sites for hydroxylation is 1. The first-order valence-electron chi connectivity index (χ1n) is 6.71.